The first-order chi connectivity index (χ1) is 11.6. The van der Waals surface area contributed by atoms with E-state index < -0.39 is 5.97 Å². The summed E-state index contributed by atoms with van der Waals surface area (Å²) < 4.78 is 4.04. The highest BCUT2D eigenvalue weighted by molar-refractivity contribution is 5.89. The van der Waals surface area contributed by atoms with Gasteiger partial charge in [-0.15, -0.1) is 0 Å². The molecule has 0 fully saturated rings. The number of fused-ring (bicyclic) bond motifs is 2. The van der Waals surface area contributed by atoms with E-state index in [9.17, 15) is 4.79 Å². The maximum Gasteiger partial charge on any atom is 0.335 e. The van der Waals surface area contributed by atoms with Gasteiger partial charge in [0.05, 0.1) is 11.3 Å². The smallest absolute Gasteiger partial charge is 0.335 e. The number of imidazole rings is 1. The van der Waals surface area contributed by atoms with Crippen molar-refractivity contribution in [2.75, 3.05) is 0 Å². The number of pyridine rings is 2. The fraction of sp³-hybridized carbons (Fsp3) is 0.167. The lowest BCUT2D eigenvalue weighted by atomic mass is 10.2. The van der Waals surface area contributed by atoms with Crippen LogP contribution in [-0.4, -0.2) is 30.0 Å². The summed E-state index contributed by atoms with van der Waals surface area (Å²) in [5.41, 5.74) is 4.60. The number of nitrogens with zero attached hydrogens (tertiary/aromatic N) is 4. The van der Waals surface area contributed by atoms with Gasteiger partial charge in [-0.2, -0.15) is 0 Å². The summed E-state index contributed by atoms with van der Waals surface area (Å²) in [6.45, 7) is 4.84. The van der Waals surface area contributed by atoms with Crippen molar-refractivity contribution in [1.29, 1.82) is 0 Å². The molecule has 0 aliphatic rings. The Morgan fingerprint density at radius 3 is 2.88 bits per heavy atom. The molecule has 0 unspecified atom stereocenters. The molecule has 0 aromatic carbocycles. The molecule has 6 heteroatoms. The summed E-state index contributed by atoms with van der Waals surface area (Å²) in [7, 11) is 0. The van der Waals surface area contributed by atoms with Crippen LogP contribution in [0.5, 0.6) is 0 Å². The topological polar surface area (TPSA) is 72.4 Å². The van der Waals surface area contributed by atoms with E-state index in [0.717, 1.165) is 34.7 Å². The number of carbonyl (C=O) groups is 1. The van der Waals surface area contributed by atoms with Gasteiger partial charge in [0.15, 0.2) is 0 Å². The van der Waals surface area contributed by atoms with Crippen LogP contribution in [0.4, 0.5) is 0 Å². The van der Waals surface area contributed by atoms with Crippen LogP contribution >= 0.6 is 0 Å². The number of carboxylic acid groups (broad SMARTS) is 1. The van der Waals surface area contributed by atoms with Gasteiger partial charge >= 0.3 is 5.97 Å². The molecule has 0 bridgehead atoms. The van der Waals surface area contributed by atoms with Gasteiger partial charge < -0.3 is 14.1 Å². The largest absolute Gasteiger partial charge is 0.478 e. The third-order valence-corrected chi connectivity index (χ3v) is 4.33. The molecule has 0 spiro atoms. The summed E-state index contributed by atoms with van der Waals surface area (Å²) in [6, 6.07) is 9.22. The third-order valence-electron chi connectivity index (χ3n) is 4.33. The van der Waals surface area contributed by atoms with Crippen molar-refractivity contribution in [2.24, 2.45) is 0 Å². The molecule has 4 aromatic rings. The number of hydrogen-bond acceptors (Lipinski definition) is 3. The zero-order valence-corrected chi connectivity index (χ0v) is 13.4. The minimum atomic E-state index is -0.952. The predicted molar refractivity (Wildman–Crippen MR) is 91.3 cm³/mol. The SMILES string of the molecule is CCn1c(-c2nc3cc(C(=O)O)ccn3c2C)cc2cccnc21. The highest BCUT2D eigenvalue weighted by Crippen LogP contribution is 2.29. The van der Waals surface area contributed by atoms with E-state index >= 15 is 0 Å². The van der Waals surface area contributed by atoms with E-state index in [0.29, 0.717) is 5.65 Å². The van der Waals surface area contributed by atoms with Gasteiger partial charge in [0.2, 0.25) is 0 Å². The number of aryl methyl sites for hydroxylation is 2. The Labute approximate surface area is 138 Å². The second kappa shape index (κ2) is 5.19. The molecule has 4 heterocycles. The van der Waals surface area contributed by atoms with Gasteiger partial charge in [-0.1, -0.05) is 0 Å². The summed E-state index contributed by atoms with van der Waals surface area (Å²) in [6.07, 6.45) is 3.54. The van der Waals surface area contributed by atoms with E-state index in [2.05, 4.69) is 27.5 Å². The van der Waals surface area contributed by atoms with Crippen molar-refractivity contribution < 1.29 is 9.90 Å². The average molecular weight is 320 g/mol. The van der Waals surface area contributed by atoms with Gasteiger partial charge in [0.1, 0.15) is 17.0 Å². The quantitative estimate of drug-likeness (QED) is 0.628. The molecule has 0 saturated carbocycles. The molecule has 0 amide bonds. The number of aromatic nitrogens is 4. The van der Waals surface area contributed by atoms with Crippen molar-refractivity contribution >= 4 is 22.6 Å². The molecule has 0 aliphatic heterocycles. The van der Waals surface area contributed by atoms with Crippen LogP contribution in [0, 0.1) is 6.92 Å². The first-order valence-corrected chi connectivity index (χ1v) is 7.76. The predicted octanol–water partition coefficient (Wildman–Crippen LogP) is 3.38. The average Bonchev–Trinajstić information content (AvgIpc) is 3.12. The molecule has 4 aromatic heterocycles. The van der Waals surface area contributed by atoms with E-state index in [1.54, 1.807) is 24.5 Å². The van der Waals surface area contributed by atoms with E-state index in [-0.39, 0.29) is 5.56 Å². The second-order valence-corrected chi connectivity index (χ2v) is 5.68. The van der Waals surface area contributed by atoms with Gasteiger partial charge in [-0.25, -0.2) is 14.8 Å². The Hall–Kier alpha value is -3.15. The molecule has 0 aliphatic carbocycles. The van der Waals surface area contributed by atoms with Crippen LogP contribution in [0.25, 0.3) is 28.1 Å². The molecule has 4 rings (SSSR count). The van der Waals surface area contributed by atoms with Gasteiger partial charge in [0.25, 0.3) is 0 Å². The number of hydrogen-bond donors (Lipinski definition) is 1. The highest BCUT2D eigenvalue weighted by Gasteiger charge is 2.17. The van der Waals surface area contributed by atoms with Gasteiger partial charge in [-0.3, -0.25) is 0 Å². The molecule has 24 heavy (non-hydrogen) atoms. The van der Waals surface area contributed by atoms with Crippen molar-refractivity contribution in [3.63, 3.8) is 0 Å². The lowest BCUT2D eigenvalue weighted by Crippen LogP contribution is -1.99. The fourth-order valence-electron chi connectivity index (χ4n) is 3.15. The van der Waals surface area contributed by atoms with E-state index in [1.165, 1.54) is 0 Å². The first kappa shape index (κ1) is 14.4. The molecule has 0 saturated heterocycles. The number of rotatable bonds is 3. The van der Waals surface area contributed by atoms with Crippen molar-refractivity contribution in [3.8, 4) is 11.4 Å². The maximum atomic E-state index is 11.2. The zero-order chi connectivity index (χ0) is 16.8. The minimum absolute atomic E-state index is 0.233. The Morgan fingerprint density at radius 1 is 1.29 bits per heavy atom. The third kappa shape index (κ3) is 2.00. The molecule has 1 N–H and O–H groups in total. The molecule has 0 radical (unpaired) electrons. The molecular weight excluding hydrogens is 304 g/mol. The lowest BCUT2D eigenvalue weighted by molar-refractivity contribution is 0.0697. The lowest BCUT2D eigenvalue weighted by Gasteiger charge is -2.05. The Morgan fingerprint density at radius 2 is 2.12 bits per heavy atom. The highest BCUT2D eigenvalue weighted by atomic mass is 16.4. The van der Waals surface area contributed by atoms with Crippen LogP contribution in [0.15, 0.2) is 42.7 Å². The van der Waals surface area contributed by atoms with Crippen molar-refractivity contribution in [2.45, 2.75) is 20.4 Å². The summed E-state index contributed by atoms with van der Waals surface area (Å²) in [5, 5.41) is 10.2. The number of aromatic carboxylic acids is 1. The molecule has 120 valence electrons. The van der Waals surface area contributed by atoms with Gasteiger partial charge in [0, 0.05) is 30.0 Å². The minimum Gasteiger partial charge on any atom is -0.478 e. The van der Waals surface area contributed by atoms with E-state index in [4.69, 9.17) is 5.11 Å². The van der Waals surface area contributed by atoms with Crippen LogP contribution in [-0.2, 0) is 6.54 Å². The number of carboxylic acids is 1. The van der Waals surface area contributed by atoms with Crippen molar-refractivity contribution in [3.05, 3.63) is 54.0 Å². The summed E-state index contributed by atoms with van der Waals surface area (Å²) in [5.74, 6) is -0.952. The Balaban J connectivity index is 1.99. The Kier molecular flexibility index (Phi) is 3.13. The van der Waals surface area contributed by atoms with E-state index in [1.807, 2.05) is 23.5 Å². The van der Waals surface area contributed by atoms with Crippen LogP contribution in [0.2, 0.25) is 0 Å². The van der Waals surface area contributed by atoms with Crippen LogP contribution in [0.1, 0.15) is 23.0 Å². The first-order valence-electron chi connectivity index (χ1n) is 7.76. The fourth-order valence-corrected chi connectivity index (χ4v) is 3.15. The van der Waals surface area contributed by atoms with Crippen LogP contribution in [0.3, 0.4) is 0 Å². The molecule has 6 nitrogen and oxygen atoms in total. The monoisotopic (exact) mass is 320 g/mol. The normalized spacial score (nSPS) is 11.4. The maximum absolute atomic E-state index is 11.2. The summed E-state index contributed by atoms with van der Waals surface area (Å²) >= 11 is 0. The molecular formula is C18H16N4O2. The van der Waals surface area contributed by atoms with Crippen LogP contribution < -0.4 is 0 Å². The second-order valence-electron chi connectivity index (χ2n) is 5.68. The molecule has 0 atom stereocenters. The summed E-state index contributed by atoms with van der Waals surface area (Å²) in [4.78, 5) is 20.3. The zero-order valence-electron chi connectivity index (χ0n) is 13.4. The Bertz CT molecular complexity index is 1090. The van der Waals surface area contributed by atoms with Gasteiger partial charge in [-0.05, 0) is 44.2 Å². The van der Waals surface area contributed by atoms with Crippen molar-refractivity contribution in [1.82, 2.24) is 18.9 Å². The standard InChI is InChI=1S/C18H16N4O2/c1-3-21-14(9-12-5-4-7-19-17(12)21)16-11(2)22-8-6-13(18(23)24)10-15(22)20-16/h4-10H,3H2,1-2H3,(H,23,24).